The van der Waals surface area contributed by atoms with Gasteiger partial charge < -0.3 is 15.7 Å². The Labute approximate surface area is 208 Å². The molecule has 1 atom stereocenters. The van der Waals surface area contributed by atoms with Crippen LogP contribution in [0.25, 0.3) is 17.0 Å². The second-order valence-corrected chi connectivity index (χ2v) is 8.68. The van der Waals surface area contributed by atoms with E-state index in [1.54, 1.807) is 6.07 Å². The number of hydrogen-bond acceptors (Lipinski definition) is 8. The van der Waals surface area contributed by atoms with Crippen molar-refractivity contribution in [1.82, 2.24) is 34.6 Å². The monoisotopic (exact) mass is 513 g/mol. The van der Waals surface area contributed by atoms with Gasteiger partial charge in [0.1, 0.15) is 36.4 Å². The van der Waals surface area contributed by atoms with Crippen LogP contribution in [0.2, 0.25) is 0 Å². The summed E-state index contributed by atoms with van der Waals surface area (Å²) in [5.41, 5.74) is 0.0927. The molecule has 0 bridgehead atoms. The normalized spacial score (nSPS) is 12.5. The molecule has 0 spiro atoms. The Hall–Kier alpha value is -4.51. The fourth-order valence-corrected chi connectivity index (χ4v) is 3.34. The maximum absolute atomic E-state index is 14.2. The number of nitrogens with one attached hydrogen (secondary N) is 2. The first-order chi connectivity index (χ1) is 17.5. The van der Waals surface area contributed by atoms with Gasteiger partial charge in [0.2, 0.25) is 0 Å². The maximum Gasteiger partial charge on any atom is 0.257 e. The zero-order valence-electron chi connectivity index (χ0n) is 19.7. The molecule has 0 saturated heterocycles. The highest BCUT2D eigenvalue weighted by Gasteiger charge is 2.27. The third-order valence-corrected chi connectivity index (χ3v) is 5.34. The molecule has 4 aromatic rings. The molecule has 0 aliphatic heterocycles. The standard InChI is InChI=1S/C23H22F3N9O2/c1-23(2,37)18(24)9-30-22(36)15-8-28-20(35-12-31-17-3-13(5-27)6-29-21(17)35)4-16(15)33-14-7-32-34(10-14)11-19(25)26/h3-4,6-8,10,12,18-19,37H,9,11H2,1-2H3,(H,28,33)(H,30,36)/t18-/m1/s1. The van der Waals surface area contributed by atoms with Gasteiger partial charge >= 0.3 is 0 Å². The van der Waals surface area contributed by atoms with Gasteiger partial charge in [-0.1, -0.05) is 0 Å². The number of amides is 1. The minimum Gasteiger partial charge on any atom is -0.387 e. The lowest BCUT2D eigenvalue weighted by Crippen LogP contribution is -2.42. The van der Waals surface area contributed by atoms with Crippen molar-refractivity contribution >= 4 is 28.4 Å². The van der Waals surface area contributed by atoms with Crippen LogP contribution < -0.4 is 10.6 Å². The molecule has 4 rings (SSSR count). The average molecular weight is 513 g/mol. The van der Waals surface area contributed by atoms with Crippen LogP contribution in [-0.2, 0) is 6.54 Å². The maximum atomic E-state index is 14.2. The molecule has 0 aliphatic carbocycles. The smallest absolute Gasteiger partial charge is 0.257 e. The van der Waals surface area contributed by atoms with Gasteiger partial charge in [-0.05, 0) is 19.9 Å². The molecule has 1 amide bonds. The zero-order chi connectivity index (χ0) is 26.7. The summed E-state index contributed by atoms with van der Waals surface area (Å²) in [4.78, 5) is 25.7. The number of nitrogens with zero attached hydrogens (tertiary/aromatic N) is 7. The number of aromatic nitrogens is 6. The Morgan fingerprint density at radius 3 is 2.68 bits per heavy atom. The van der Waals surface area contributed by atoms with Crippen molar-refractivity contribution in [2.24, 2.45) is 0 Å². The van der Waals surface area contributed by atoms with Crippen LogP contribution in [0, 0.1) is 11.3 Å². The summed E-state index contributed by atoms with van der Waals surface area (Å²) in [5, 5.41) is 28.1. The lowest BCUT2D eigenvalue weighted by Gasteiger charge is -2.22. The molecule has 192 valence electrons. The van der Waals surface area contributed by atoms with E-state index < -0.39 is 37.2 Å². The number of hydrogen-bond donors (Lipinski definition) is 3. The quantitative estimate of drug-likeness (QED) is 0.310. The number of fused-ring (bicyclic) bond motifs is 1. The van der Waals surface area contributed by atoms with Crippen molar-refractivity contribution in [1.29, 1.82) is 5.26 Å². The Kier molecular flexibility index (Phi) is 7.07. The molecule has 3 N–H and O–H groups in total. The molecular weight excluding hydrogens is 491 g/mol. The van der Waals surface area contributed by atoms with Gasteiger partial charge in [-0.15, -0.1) is 0 Å². The van der Waals surface area contributed by atoms with Crippen molar-refractivity contribution in [3.05, 3.63) is 54.4 Å². The Morgan fingerprint density at radius 1 is 1.19 bits per heavy atom. The summed E-state index contributed by atoms with van der Waals surface area (Å²) in [6, 6.07) is 5.05. The van der Waals surface area contributed by atoms with Crippen LogP contribution >= 0.6 is 0 Å². The van der Waals surface area contributed by atoms with Crippen molar-refractivity contribution in [2.45, 2.75) is 38.6 Å². The molecule has 0 aromatic carbocycles. The number of nitriles is 1. The molecule has 0 aliphatic rings. The molecular formula is C23H22F3N9O2. The number of imidazole rings is 1. The van der Waals surface area contributed by atoms with Gasteiger partial charge in [-0.3, -0.25) is 14.0 Å². The van der Waals surface area contributed by atoms with Gasteiger partial charge in [0.15, 0.2) is 5.65 Å². The summed E-state index contributed by atoms with van der Waals surface area (Å²) < 4.78 is 42.2. The Balaban J connectivity index is 1.69. The SMILES string of the molecule is CC(C)(O)[C@H](F)CNC(=O)c1cnc(-n2cnc3cc(C#N)cnc32)cc1Nc1cnn(CC(F)F)c1. The number of carbonyl (C=O) groups excluding carboxylic acids is 1. The minimum absolute atomic E-state index is 0.0254. The highest BCUT2D eigenvalue weighted by Crippen LogP contribution is 2.25. The van der Waals surface area contributed by atoms with Crippen molar-refractivity contribution in [3.63, 3.8) is 0 Å². The van der Waals surface area contributed by atoms with E-state index in [0.717, 1.165) is 4.68 Å². The molecule has 0 fully saturated rings. The molecule has 4 aromatic heterocycles. The van der Waals surface area contributed by atoms with E-state index in [0.29, 0.717) is 28.2 Å². The van der Waals surface area contributed by atoms with Gasteiger partial charge in [0.05, 0.1) is 40.8 Å². The second kappa shape index (κ2) is 10.2. The molecule has 0 saturated carbocycles. The molecule has 4 heterocycles. The number of anilines is 2. The predicted octanol–water partition coefficient (Wildman–Crippen LogP) is 2.73. The largest absolute Gasteiger partial charge is 0.387 e. The summed E-state index contributed by atoms with van der Waals surface area (Å²) >= 11 is 0. The van der Waals surface area contributed by atoms with E-state index in [9.17, 15) is 23.1 Å². The fraction of sp³-hybridized carbons (Fsp3) is 0.304. The summed E-state index contributed by atoms with van der Waals surface area (Å²) in [5.74, 6) is -0.376. The van der Waals surface area contributed by atoms with Crippen LogP contribution in [0.5, 0.6) is 0 Å². The first-order valence-electron chi connectivity index (χ1n) is 11.0. The zero-order valence-corrected chi connectivity index (χ0v) is 19.7. The minimum atomic E-state index is -2.60. The average Bonchev–Trinajstić information content (AvgIpc) is 3.47. The highest BCUT2D eigenvalue weighted by atomic mass is 19.3. The van der Waals surface area contributed by atoms with E-state index in [-0.39, 0.29) is 11.3 Å². The van der Waals surface area contributed by atoms with Crippen molar-refractivity contribution < 1.29 is 23.1 Å². The van der Waals surface area contributed by atoms with Gasteiger partial charge in [0.25, 0.3) is 12.3 Å². The van der Waals surface area contributed by atoms with E-state index in [1.165, 1.54) is 55.6 Å². The van der Waals surface area contributed by atoms with E-state index in [1.807, 2.05) is 6.07 Å². The van der Waals surface area contributed by atoms with Gasteiger partial charge in [-0.2, -0.15) is 10.4 Å². The topological polar surface area (TPSA) is 147 Å². The Bertz CT molecular complexity index is 1470. The summed E-state index contributed by atoms with van der Waals surface area (Å²) in [6.07, 6.45) is 2.41. The van der Waals surface area contributed by atoms with Crippen molar-refractivity contribution in [3.8, 4) is 11.9 Å². The van der Waals surface area contributed by atoms with Gasteiger partial charge in [0, 0.05) is 24.7 Å². The third kappa shape index (κ3) is 5.84. The Morgan fingerprint density at radius 2 is 1.97 bits per heavy atom. The van der Waals surface area contributed by atoms with Gasteiger partial charge in [-0.25, -0.2) is 28.1 Å². The van der Waals surface area contributed by atoms with Crippen LogP contribution in [0.15, 0.2) is 43.2 Å². The predicted molar refractivity (Wildman–Crippen MR) is 126 cm³/mol. The summed E-state index contributed by atoms with van der Waals surface area (Å²) in [6.45, 7) is 1.51. The van der Waals surface area contributed by atoms with E-state index >= 15 is 0 Å². The number of alkyl halides is 3. The number of rotatable bonds is 9. The molecule has 14 heteroatoms. The molecule has 0 radical (unpaired) electrons. The number of aliphatic hydroxyl groups is 1. The molecule has 0 unspecified atom stereocenters. The third-order valence-electron chi connectivity index (χ3n) is 5.34. The van der Waals surface area contributed by atoms with Crippen molar-refractivity contribution in [2.75, 3.05) is 11.9 Å². The summed E-state index contributed by atoms with van der Waals surface area (Å²) in [7, 11) is 0. The first kappa shape index (κ1) is 25.6. The second-order valence-electron chi connectivity index (χ2n) is 8.68. The van der Waals surface area contributed by atoms with Crippen LogP contribution in [-0.4, -0.2) is 65.1 Å². The fourth-order valence-electron chi connectivity index (χ4n) is 3.34. The number of halogens is 3. The lowest BCUT2D eigenvalue weighted by atomic mass is 10.0. The molecule has 11 nitrogen and oxygen atoms in total. The van der Waals surface area contributed by atoms with Crippen LogP contribution in [0.4, 0.5) is 24.5 Å². The molecule has 37 heavy (non-hydrogen) atoms. The first-order valence-corrected chi connectivity index (χ1v) is 11.0. The van der Waals surface area contributed by atoms with Crippen LogP contribution in [0.3, 0.4) is 0 Å². The van der Waals surface area contributed by atoms with E-state index in [2.05, 4.69) is 30.7 Å². The number of pyridine rings is 2. The lowest BCUT2D eigenvalue weighted by molar-refractivity contribution is -0.00177. The highest BCUT2D eigenvalue weighted by molar-refractivity contribution is 6.00. The van der Waals surface area contributed by atoms with E-state index in [4.69, 9.17) is 5.26 Å². The number of carbonyl (C=O) groups is 1. The van der Waals surface area contributed by atoms with Crippen LogP contribution in [0.1, 0.15) is 29.8 Å².